The van der Waals surface area contributed by atoms with Gasteiger partial charge in [-0.15, -0.1) is 0 Å². The first-order valence-electron chi connectivity index (χ1n) is 13.4. The zero-order chi connectivity index (χ0) is 28.4. The maximum Gasteiger partial charge on any atom is 0.407 e. The van der Waals surface area contributed by atoms with Crippen LogP contribution in [0, 0.1) is 5.82 Å². The van der Waals surface area contributed by atoms with E-state index < -0.39 is 23.5 Å². The minimum absolute atomic E-state index is 0.0126. The third-order valence-electron chi connectivity index (χ3n) is 6.55. The number of carbonyl (C=O) groups is 2. The van der Waals surface area contributed by atoms with E-state index in [4.69, 9.17) is 23.9 Å². The Morgan fingerprint density at radius 2 is 2.08 bits per heavy atom. The number of esters is 1. The Balaban J connectivity index is 1.40. The second-order valence-corrected chi connectivity index (χ2v) is 10.7. The monoisotopic (exact) mass is 556 g/mol. The van der Waals surface area contributed by atoms with Gasteiger partial charge in [0.25, 0.3) is 0 Å². The number of carbonyl (C=O) groups excluding carboxylic acids is 2. The lowest BCUT2D eigenvalue weighted by atomic mass is 10.1. The van der Waals surface area contributed by atoms with Crippen molar-refractivity contribution in [3.8, 4) is 11.6 Å². The molecule has 214 valence electrons. The SMILES string of the molecule is CCOC(=O)c1cnn2cc3c(nc12)N(Cc1cc(F)cnc1OCCNC(=O)OC(C)(C)C)C1CCCC1O3. The van der Waals surface area contributed by atoms with Crippen molar-refractivity contribution in [1.29, 1.82) is 0 Å². The number of alkyl carbamates (subject to hydrolysis) is 1. The van der Waals surface area contributed by atoms with Crippen molar-refractivity contribution in [2.24, 2.45) is 0 Å². The van der Waals surface area contributed by atoms with Gasteiger partial charge in [0.1, 0.15) is 29.7 Å². The molecule has 0 spiro atoms. The summed E-state index contributed by atoms with van der Waals surface area (Å²) in [7, 11) is 0. The van der Waals surface area contributed by atoms with Gasteiger partial charge in [0, 0.05) is 5.56 Å². The number of aromatic nitrogens is 4. The molecule has 40 heavy (non-hydrogen) atoms. The molecule has 12 nitrogen and oxygen atoms in total. The molecule has 1 amide bonds. The summed E-state index contributed by atoms with van der Waals surface area (Å²) in [5, 5.41) is 6.89. The predicted octanol–water partition coefficient (Wildman–Crippen LogP) is 3.66. The van der Waals surface area contributed by atoms with E-state index in [0.717, 1.165) is 25.5 Å². The van der Waals surface area contributed by atoms with Crippen molar-refractivity contribution in [2.75, 3.05) is 24.7 Å². The van der Waals surface area contributed by atoms with Crippen molar-refractivity contribution in [3.63, 3.8) is 0 Å². The number of hydrogen-bond acceptors (Lipinski definition) is 10. The molecular weight excluding hydrogens is 523 g/mol. The summed E-state index contributed by atoms with van der Waals surface area (Å²) in [6.07, 6.45) is 6.27. The predicted molar refractivity (Wildman–Crippen MR) is 141 cm³/mol. The van der Waals surface area contributed by atoms with Crippen molar-refractivity contribution in [2.45, 2.75) is 71.2 Å². The van der Waals surface area contributed by atoms with Crippen molar-refractivity contribution < 1.29 is 32.9 Å². The highest BCUT2D eigenvalue weighted by molar-refractivity contribution is 5.96. The lowest BCUT2D eigenvalue weighted by Crippen LogP contribution is -2.47. The second-order valence-electron chi connectivity index (χ2n) is 10.7. The van der Waals surface area contributed by atoms with Crippen LogP contribution >= 0.6 is 0 Å². The van der Waals surface area contributed by atoms with Gasteiger partial charge < -0.3 is 29.2 Å². The first-order chi connectivity index (χ1) is 19.1. The van der Waals surface area contributed by atoms with Gasteiger partial charge in [-0.05, 0) is 53.0 Å². The van der Waals surface area contributed by atoms with E-state index in [1.54, 1.807) is 33.9 Å². The highest BCUT2D eigenvalue weighted by atomic mass is 19.1. The summed E-state index contributed by atoms with van der Waals surface area (Å²) in [5.41, 5.74) is 0.476. The number of fused-ring (bicyclic) bond motifs is 3. The average Bonchev–Trinajstić information content (AvgIpc) is 3.52. The van der Waals surface area contributed by atoms with Crippen LogP contribution < -0.4 is 19.7 Å². The number of halogens is 1. The second kappa shape index (κ2) is 11.1. The topological polar surface area (TPSA) is 129 Å². The van der Waals surface area contributed by atoms with E-state index in [0.29, 0.717) is 22.8 Å². The summed E-state index contributed by atoms with van der Waals surface area (Å²) in [5.74, 6) is 0.255. The fourth-order valence-electron chi connectivity index (χ4n) is 4.95. The molecule has 3 aromatic rings. The molecule has 0 saturated heterocycles. The average molecular weight is 557 g/mol. The highest BCUT2D eigenvalue weighted by Crippen LogP contribution is 2.42. The summed E-state index contributed by atoms with van der Waals surface area (Å²) >= 11 is 0. The molecule has 0 aromatic carbocycles. The van der Waals surface area contributed by atoms with Crippen LogP contribution in [0.3, 0.4) is 0 Å². The smallest absolute Gasteiger partial charge is 0.407 e. The van der Waals surface area contributed by atoms with Gasteiger partial charge in [-0.2, -0.15) is 5.10 Å². The van der Waals surface area contributed by atoms with Crippen molar-refractivity contribution in [3.05, 3.63) is 41.6 Å². The summed E-state index contributed by atoms with van der Waals surface area (Å²) in [6, 6.07) is 1.37. The number of hydrogen-bond donors (Lipinski definition) is 1. The molecular formula is C27H33FN6O6. The highest BCUT2D eigenvalue weighted by Gasteiger charge is 2.41. The molecule has 2 atom stereocenters. The molecule has 3 aromatic heterocycles. The zero-order valence-electron chi connectivity index (χ0n) is 23.0. The van der Waals surface area contributed by atoms with E-state index in [1.807, 2.05) is 0 Å². The van der Waals surface area contributed by atoms with Crippen molar-refractivity contribution >= 4 is 23.5 Å². The van der Waals surface area contributed by atoms with E-state index in [2.05, 4.69) is 20.3 Å². The molecule has 5 rings (SSSR count). The Morgan fingerprint density at radius 1 is 1.25 bits per heavy atom. The van der Waals surface area contributed by atoms with Gasteiger partial charge in [-0.25, -0.2) is 28.5 Å². The molecule has 2 aliphatic rings. The Bertz CT molecular complexity index is 1410. The summed E-state index contributed by atoms with van der Waals surface area (Å²) in [6.45, 7) is 7.81. The van der Waals surface area contributed by atoms with Gasteiger partial charge in [0.05, 0.1) is 44.3 Å². The molecule has 0 bridgehead atoms. The largest absolute Gasteiger partial charge is 0.483 e. The fourth-order valence-corrected chi connectivity index (χ4v) is 4.95. The van der Waals surface area contributed by atoms with Crippen LogP contribution in [-0.4, -0.2) is 69.1 Å². The molecule has 1 aliphatic heterocycles. The quantitative estimate of drug-likeness (QED) is 0.324. The first kappa shape index (κ1) is 27.4. The lowest BCUT2D eigenvalue weighted by molar-refractivity contribution is 0.0513. The van der Waals surface area contributed by atoms with Crippen LogP contribution in [-0.2, 0) is 16.0 Å². The van der Waals surface area contributed by atoms with E-state index >= 15 is 0 Å². The van der Waals surface area contributed by atoms with Crippen LogP contribution in [0.5, 0.6) is 11.6 Å². The molecule has 13 heteroatoms. The number of ether oxygens (including phenoxy) is 4. The Labute approximate surface area is 230 Å². The van der Waals surface area contributed by atoms with Crippen LogP contribution in [0.25, 0.3) is 5.65 Å². The fraction of sp³-hybridized carbons (Fsp3) is 0.519. The Hall–Kier alpha value is -4.16. The summed E-state index contributed by atoms with van der Waals surface area (Å²) < 4.78 is 38.4. The molecule has 2 unspecified atom stereocenters. The molecule has 1 fully saturated rings. The molecule has 1 aliphatic carbocycles. The van der Waals surface area contributed by atoms with Crippen LogP contribution in [0.1, 0.15) is 62.9 Å². The molecule has 1 N–H and O–H groups in total. The molecule has 1 saturated carbocycles. The Morgan fingerprint density at radius 3 is 2.85 bits per heavy atom. The standard InChI is InChI=1S/C27H33FN6O6/c1-5-37-25(35)18-13-31-34-15-21-23(32-22(18)34)33(19-7-6-8-20(19)39-21)14-16-11-17(28)12-30-24(16)38-10-9-29-26(36)40-27(2,3)4/h11-13,15,19-20H,5-10,14H2,1-4H3,(H,29,36). The maximum atomic E-state index is 14.4. The number of nitrogens with one attached hydrogen (secondary N) is 1. The van der Waals surface area contributed by atoms with Crippen LogP contribution in [0.15, 0.2) is 24.7 Å². The number of nitrogens with zero attached hydrogens (tertiary/aromatic N) is 5. The lowest BCUT2D eigenvalue weighted by Gasteiger charge is -2.39. The maximum absolute atomic E-state index is 14.4. The first-order valence-corrected chi connectivity index (χ1v) is 13.4. The summed E-state index contributed by atoms with van der Waals surface area (Å²) in [4.78, 5) is 35.4. The number of anilines is 1. The van der Waals surface area contributed by atoms with Gasteiger partial charge >= 0.3 is 12.1 Å². The minimum atomic E-state index is -0.614. The van der Waals surface area contributed by atoms with Gasteiger partial charge in [-0.1, -0.05) is 0 Å². The van der Waals surface area contributed by atoms with Gasteiger partial charge in [-0.3, -0.25) is 0 Å². The van der Waals surface area contributed by atoms with E-state index in [-0.39, 0.29) is 49.9 Å². The minimum Gasteiger partial charge on any atom is -0.483 e. The van der Waals surface area contributed by atoms with E-state index in [1.165, 1.54) is 16.8 Å². The number of pyridine rings is 1. The molecule has 4 heterocycles. The molecule has 0 radical (unpaired) electrons. The Kier molecular flexibility index (Phi) is 7.63. The van der Waals surface area contributed by atoms with Gasteiger partial charge in [0.15, 0.2) is 17.2 Å². The van der Waals surface area contributed by atoms with Crippen LogP contribution in [0.4, 0.5) is 15.0 Å². The third-order valence-corrected chi connectivity index (χ3v) is 6.55. The number of amides is 1. The number of rotatable bonds is 8. The van der Waals surface area contributed by atoms with E-state index in [9.17, 15) is 14.0 Å². The zero-order valence-corrected chi connectivity index (χ0v) is 23.0. The van der Waals surface area contributed by atoms with Crippen molar-refractivity contribution in [1.82, 2.24) is 24.9 Å². The normalized spacial score (nSPS) is 18.1. The third kappa shape index (κ3) is 5.87. The van der Waals surface area contributed by atoms with Gasteiger partial charge in [0.2, 0.25) is 5.88 Å². The van der Waals surface area contributed by atoms with Crippen LogP contribution in [0.2, 0.25) is 0 Å².